The van der Waals surface area contributed by atoms with Gasteiger partial charge in [0.15, 0.2) is 0 Å². The monoisotopic (exact) mass is 249 g/mol. The number of carbonyl (C=O) groups excluding carboxylic acids is 1. The summed E-state index contributed by atoms with van der Waals surface area (Å²) >= 11 is 0. The van der Waals surface area contributed by atoms with Gasteiger partial charge in [0, 0.05) is 31.4 Å². The lowest BCUT2D eigenvalue weighted by Gasteiger charge is -2.16. The fourth-order valence-corrected chi connectivity index (χ4v) is 1.35. The second-order valence-corrected chi connectivity index (χ2v) is 3.68. The molecule has 0 bridgehead atoms. The van der Waals surface area contributed by atoms with Crippen LogP contribution in [0.4, 0.5) is 0 Å². The summed E-state index contributed by atoms with van der Waals surface area (Å²) in [5, 5.41) is 12.6. The van der Waals surface area contributed by atoms with Crippen molar-refractivity contribution in [2.24, 2.45) is 7.05 Å². The number of hydrogen-bond donors (Lipinski definition) is 1. The molecule has 0 radical (unpaired) electrons. The number of aliphatic carboxylic acids is 1. The van der Waals surface area contributed by atoms with Crippen LogP contribution in [-0.2, 0) is 16.6 Å². The van der Waals surface area contributed by atoms with E-state index in [1.54, 1.807) is 30.2 Å². The summed E-state index contributed by atoms with van der Waals surface area (Å²) in [6, 6.07) is 0. The molecule has 0 spiro atoms. The molecule has 0 saturated carbocycles. The Morgan fingerprint density at radius 1 is 1.61 bits per heavy atom. The second kappa shape index (κ2) is 6.39. The summed E-state index contributed by atoms with van der Waals surface area (Å²) in [6.07, 6.45) is 7.76. The predicted octanol–water partition coefficient (Wildman–Crippen LogP) is 0.532. The maximum Gasteiger partial charge on any atom is 0.323 e. The quantitative estimate of drug-likeness (QED) is 0.589. The van der Waals surface area contributed by atoms with Gasteiger partial charge >= 0.3 is 5.97 Å². The first-order valence-corrected chi connectivity index (χ1v) is 5.31. The minimum Gasteiger partial charge on any atom is -0.480 e. The SMILES string of the molecule is C=CCN(CC(=O)O)C(=O)C=Cc1cnn(C)c1. The minimum absolute atomic E-state index is 0.197. The summed E-state index contributed by atoms with van der Waals surface area (Å²) < 4.78 is 1.61. The van der Waals surface area contributed by atoms with Crippen molar-refractivity contribution < 1.29 is 14.7 Å². The first kappa shape index (κ1) is 13.7. The van der Waals surface area contributed by atoms with Gasteiger partial charge in [-0.2, -0.15) is 5.10 Å². The number of amides is 1. The molecule has 0 fully saturated rings. The van der Waals surface area contributed by atoms with Crippen LogP contribution in [0, 0.1) is 0 Å². The first-order chi connectivity index (χ1) is 8.52. The summed E-state index contributed by atoms with van der Waals surface area (Å²) in [5.41, 5.74) is 0.778. The van der Waals surface area contributed by atoms with Crippen LogP contribution >= 0.6 is 0 Å². The Kier molecular flexibility index (Phi) is 4.86. The van der Waals surface area contributed by atoms with Crippen LogP contribution in [0.3, 0.4) is 0 Å². The predicted molar refractivity (Wildman–Crippen MR) is 66.7 cm³/mol. The summed E-state index contributed by atoms with van der Waals surface area (Å²) in [4.78, 5) is 23.5. The molecule has 6 heteroatoms. The van der Waals surface area contributed by atoms with Crippen LogP contribution in [0.5, 0.6) is 0 Å². The van der Waals surface area contributed by atoms with Crippen molar-refractivity contribution in [3.05, 3.63) is 36.7 Å². The van der Waals surface area contributed by atoms with Crippen LogP contribution in [0.15, 0.2) is 31.1 Å². The number of nitrogens with zero attached hydrogens (tertiary/aromatic N) is 3. The molecular weight excluding hydrogens is 234 g/mol. The molecule has 0 unspecified atom stereocenters. The molecule has 0 saturated heterocycles. The van der Waals surface area contributed by atoms with Crippen LogP contribution in [0.25, 0.3) is 6.08 Å². The van der Waals surface area contributed by atoms with E-state index < -0.39 is 5.97 Å². The summed E-state index contributed by atoms with van der Waals surface area (Å²) in [7, 11) is 1.77. The van der Waals surface area contributed by atoms with Gasteiger partial charge in [-0.3, -0.25) is 14.3 Å². The Labute approximate surface area is 105 Å². The van der Waals surface area contributed by atoms with Gasteiger partial charge in [-0.05, 0) is 6.08 Å². The number of rotatable bonds is 6. The van der Waals surface area contributed by atoms with Crippen molar-refractivity contribution in [1.29, 1.82) is 0 Å². The summed E-state index contributed by atoms with van der Waals surface area (Å²) in [5.74, 6) is -1.43. The van der Waals surface area contributed by atoms with Gasteiger partial charge in [0.1, 0.15) is 6.54 Å². The van der Waals surface area contributed by atoms with Crippen molar-refractivity contribution in [3.8, 4) is 0 Å². The van der Waals surface area contributed by atoms with E-state index in [9.17, 15) is 9.59 Å². The van der Waals surface area contributed by atoms with Crippen molar-refractivity contribution in [2.75, 3.05) is 13.1 Å². The molecule has 1 aromatic rings. The van der Waals surface area contributed by atoms with E-state index in [0.717, 1.165) is 5.56 Å². The number of carbonyl (C=O) groups is 2. The maximum absolute atomic E-state index is 11.7. The Bertz CT molecular complexity index is 477. The van der Waals surface area contributed by atoms with Gasteiger partial charge in [0.2, 0.25) is 5.91 Å². The van der Waals surface area contributed by atoms with Gasteiger partial charge in [-0.15, -0.1) is 6.58 Å². The second-order valence-electron chi connectivity index (χ2n) is 3.68. The van der Waals surface area contributed by atoms with E-state index in [1.807, 2.05) is 0 Å². The molecule has 1 heterocycles. The van der Waals surface area contributed by atoms with Crippen LogP contribution < -0.4 is 0 Å². The highest BCUT2D eigenvalue weighted by Crippen LogP contribution is 2.01. The largest absolute Gasteiger partial charge is 0.480 e. The zero-order valence-electron chi connectivity index (χ0n) is 10.1. The van der Waals surface area contributed by atoms with E-state index in [-0.39, 0.29) is 19.0 Å². The van der Waals surface area contributed by atoms with E-state index >= 15 is 0 Å². The molecule has 0 aliphatic carbocycles. The third kappa shape index (κ3) is 4.25. The molecule has 1 aromatic heterocycles. The molecule has 0 atom stereocenters. The average molecular weight is 249 g/mol. The fourth-order valence-electron chi connectivity index (χ4n) is 1.35. The molecule has 6 nitrogen and oxygen atoms in total. The minimum atomic E-state index is -1.06. The number of aryl methyl sites for hydroxylation is 1. The highest BCUT2D eigenvalue weighted by atomic mass is 16.4. The normalized spacial score (nSPS) is 10.5. The first-order valence-electron chi connectivity index (χ1n) is 5.31. The van der Waals surface area contributed by atoms with Gasteiger partial charge in [-0.25, -0.2) is 0 Å². The summed E-state index contributed by atoms with van der Waals surface area (Å²) in [6.45, 7) is 3.34. The molecule has 0 aromatic carbocycles. The van der Waals surface area contributed by atoms with Crippen LogP contribution in [-0.4, -0.2) is 44.8 Å². The highest BCUT2D eigenvalue weighted by molar-refractivity contribution is 5.93. The van der Waals surface area contributed by atoms with Crippen molar-refractivity contribution in [3.63, 3.8) is 0 Å². The van der Waals surface area contributed by atoms with Crippen LogP contribution in [0.1, 0.15) is 5.56 Å². The average Bonchev–Trinajstić information content (AvgIpc) is 2.71. The number of aromatic nitrogens is 2. The van der Waals surface area contributed by atoms with Crippen molar-refractivity contribution in [1.82, 2.24) is 14.7 Å². The molecule has 1 amide bonds. The van der Waals surface area contributed by atoms with E-state index in [1.165, 1.54) is 17.1 Å². The standard InChI is InChI=1S/C12H15N3O3/c1-3-6-15(9-12(17)18)11(16)5-4-10-7-13-14(2)8-10/h3-5,7-8H,1,6,9H2,2H3,(H,17,18). The Morgan fingerprint density at radius 3 is 2.83 bits per heavy atom. The fraction of sp³-hybridized carbons (Fsp3) is 0.250. The van der Waals surface area contributed by atoms with Gasteiger partial charge < -0.3 is 10.0 Å². The Balaban J connectivity index is 2.68. The molecule has 1 rings (SSSR count). The van der Waals surface area contributed by atoms with E-state index in [4.69, 9.17) is 5.11 Å². The lowest BCUT2D eigenvalue weighted by molar-refractivity contribution is -0.142. The highest BCUT2D eigenvalue weighted by Gasteiger charge is 2.12. The smallest absolute Gasteiger partial charge is 0.323 e. The number of carboxylic acids is 1. The zero-order valence-corrected chi connectivity index (χ0v) is 10.1. The lowest BCUT2D eigenvalue weighted by atomic mass is 10.3. The van der Waals surface area contributed by atoms with Gasteiger partial charge in [0.05, 0.1) is 6.20 Å². The zero-order chi connectivity index (χ0) is 13.5. The molecule has 1 N–H and O–H groups in total. The van der Waals surface area contributed by atoms with Gasteiger partial charge in [0.25, 0.3) is 0 Å². The molecule has 0 aliphatic rings. The molecule has 96 valence electrons. The number of carboxylic acid groups (broad SMARTS) is 1. The van der Waals surface area contributed by atoms with Gasteiger partial charge in [-0.1, -0.05) is 6.08 Å². The molecule has 18 heavy (non-hydrogen) atoms. The van der Waals surface area contributed by atoms with E-state index in [0.29, 0.717) is 0 Å². The van der Waals surface area contributed by atoms with Crippen LogP contribution in [0.2, 0.25) is 0 Å². The third-order valence-electron chi connectivity index (χ3n) is 2.13. The van der Waals surface area contributed by atoms with Crippen molar-refractivity contribution in [2.45, 2.75) is 0 Å². The maximum atomic E-state index is 11.7. The molecular formula is C12H15N3O3. The lowest BCUT2D eigenvalue weighted by Crippen LogP contribution is -2.34. The van der Waals surface area contributed by atoms with E-state index in [2.05, 4.69) is 11.7 Å². The Hall–Kier alpha value is -2.37. The Morgan fingerprint density at radius 2 is 2.33 bits per heavy atom. The number of hydrogen-bond acceptors (Lipinski definition) is 3. The van der Waals surface area contributed by atoms with Crippen molar-refractivity contribution >= 4 is 18.0 Å². The third-order valence-corrected chi connectivity index (χ3v) is 2.13. The topological polar surface area (TPSA) is 75.4 Å². The molecule has 0 aliphatic heterocycles.